The van der Waals surface area contributed by atoms with Crippen molar-refractivity contribution < 1.29 is 14.3 Å². The number of ether oxygens (including phenoxy) is 1. The lowest BCUT2D eigenvalue weighted by Crippen LogP contribution is -2.36. The molecule has 1 atom stereocenters. The lowest BCUT2D eigenvalue weighted by atomic mass is 10.0. The van der Waals surface area contributed by atoms with Crippen LogP contribution in [0, 0.1) is 0 Å². The van der Waals surface area contributed by atoms with E-state index in [1.165, 1.54) is 12.5 Å². The van der Waals surface area contributed by atoms with Gasteiger partial charge in [-0.05, 0) is 49.1 Å². The van der Waals surface area contributed by atoms with Gasteiger partial charge in [-0.3, -0.25) is 9.59 Å². The third-order valence-electron chi connectivity index (χ3n) is 4.95. The van der Waals surface area contributed by atoms with E-state index in [1.807, 2.05) is 37.3 Å². The summed E-state index contributed by atoms with van der Waals surface area (Å²) in [6.07, 6.45) is 3.20. The highest BCUT2D eigenvalue weighted by atomic mass is 16.5. The minimum absolute atomic E-state index is 0.0910. The predicted octanol–water partition coefficient (Wildman–Crippen LogP) is 4.15. The molecule has 5 heteroatoms. The number of carbonyl (C=O) groups excluding carboxylic acids is 2. The van der Waals surface area contributed by atoms with E-state index in [-0.39, 0.29) is 11.8 Å². The lowest BCUT2D eigenvalue weighted by molar-refractivity contribution is -0.126. The van der Waals surface area contributed by atoms with Crippen LogP contribution in [0.25, 0.3) is 0 Å². The number of hydrogen-bond donors (Lipinski definition) is 1. The van der Waals surface area contributed by atoms with Crippen LogP contribution in [0.5, 0.6) is 5.75 Å². The average molecular weight is 380 g/mol. The number of benzene rings is 2. The van der Waals surface area contributed by atoms with Crippen molar-refractivity contribution in [3.05, 3.63) is 59.2 Å². The Morgan fingerprint density at radius 1 is 1.11 bits per heavy atom. The fourth-order valence-corrected chi connectivity index (χ4v) is 3.57. The molecule has 2 amide bonds. The molecule has 5 nitrogen and oxygen atoms in total. The summed E-state index contributed by atoms with van der Waals surface area (Å²) in [5.74, 6) is 0.522. The Bertz CT molecular complexity index is 845. The van der Waals surface area contributed by atoms with Gasteiger partial charge < -0.3 is 15.0 Å². The van der Waals surface area contributed by atoms with Crippen LogP contribution in [0.2, 0.25) is 0 Å². The number of anilines is 1. The van der Waals surface area contributed by atoms with Crippen LogP contribution in [0.3, 0.4) is 0 Å². The summed E-state index contributed by atoms with van der Waals surface area (Å²) in [5, 5.41) is 2.82. The van der Waals surface area contributed by atoms with E-state index < -0.39 is 6.04 Å². The molecule has 0 aromatic heterocycles. The second-order valence-corrected chi connectivity index (χ2v) is 7.13. The molecule has 1 N–H and O–H groups in total. The van der Waals surface area contributed by atoms with Crippen molar-refractivity contribution in [2.75, 3.05) is 11.5 Å². The molecule has 0 bridgehead atoms. The molecule has 0 fully saturated rings. The molecule has 2 aromatic rings. The molecule has 0 saturated carbocycles. The molecule has 1 aliphatic heterocycles. The van der Waals surface area contributed by atoms with Crippen molar-refractivity contribution in [1.29, 1.82) is 0 Å². The van der Waals surface area contributed by atoms with E-state index in [4.69, 9.17) is 4.74 Å². The van der Waals surface area contributed by atoms with E-state index in [0.717, 1.165) is 41.8 Å². The van der Waals surface area contributed by atoms with Gasteiger partial charge in [-0.1, -0.05) is 37.6 Å². The summed E-state index contributed by atoms with van der Waals surface area (Å²) < 4.78 is 5.49. The number of carbonyl (C=O) groups is 2. The summed E-state index contributed by atoms with van der Waals surface area (Å²) in [6.45, 7) is 6.64. The molecule has 1 heterocycles. The van der Waals surface area contributed by atoms with Gasteiger partial charge in [0, 0.05) is 18.2 Å². The fourth-order valence-electron chi connectivity index (χ4n) is 3.57. The minimum atomic E-state index is -0.614. The van der Waals surface area contributed by atoms with Gasteiger partial charge in [0.05, 0.1) is 13.2 Å². The second-order valence-electron chi connectivity index (χ2n) is 7.13. The number of nitrogens with zero attached hydrogens (tertiary/aromatic N) is 1. The van der Waals surface area contributed by atoms with Gasteiger partial charge in [-0.15, -0.1) is 0 Å². The van der Waals surface area contributed by atoms with Gasteiger partial charge in [-0.2, -0.15) is 0 Å². The molecule has 0 aliphatic carbocycles. The zero-order valence-electron chi connectivity index (χ0n) is 16.8. The van der Waals surface area contributed by atoms with Gasteiger partial charge in [0.25, 0.3) is 5.91 Å². The first kappa shape index (κ1) is 19.9. The Labute approximate surface area is 166 Å². The van der Waals surface area contributed by atoms with E-state index >= 15 is 0 Å². The SMILES string of the molecule is CCCCc1ccc2c(c1)[C@@H](NC(C)=O)C(=O)N2Cc1ccc(OCC)cc1. The highest BCUT2D eigenvalue weighted by Gasteiger charge is 2.37. The Morgan fingerprint density at radius 2 is 1.82 bits per heavy atom. The third-order valence-corrected chi connectivity index (χ3v) is 4.95. The number of fused-ring (bicyclic) bond motifs is 1. The normalized spacial score (nSPS) is 15.5. The number of amides is 2. The molecule has 1 aliphatic rings. The Morgan fingerprint density at radius 3 is 2.46 bits per heavy atom. The largest absolute Gasteiger partial charge is 0.494 e. The van der Waals surface area contributed by atoms with Crippen molar-refractivity contribution in [3.63, 3.8) is 0 Å². The third kappa shape index (κ3) is 4.35. The zero-order chi connectivity index (χ0) is 20.1. The quantitative estimate of drug-likeness (QED) is 0.748. The summed E-state index contributed by atoms with van der Waals surface area (Å²) in [6, 6.07) is 13.3. The summed E-state index contributed by atoms with van der Waals surface area (Å²) >= 11 is 0. The van der Waals surface area contributed by atoms with Gasteiger partial charge >= 0.3 is 0 Å². The van der Waals surface area contributed by atoms with Gasteiger partial charge in [0.1, 0.15) is 11.8 Å². The Kier molecular flexibility index (Phi) is 6.34. The van der Waals surface area contributed by atoms with Crippen molar-refractivity contribution in [3.8, 4) is 5.75 Å². The van der Waals surface area contributed by atoms with Gasteiger partial charge in [0.2, 0.25) is 5.91 Å². The first-order valence-electron chi connectivity index (χ1n) is 9.96. The van der Waals surface area contributed by atoms with Crippen molar-refractivity contribution in [1.82, 2.24) is 5.32 Å². The van der Waals surface area contributed by atoms with Crippen LogP contribution in [0.1, 0.15) is 56.3 Å². The Hall–Kier alpha value is -2.82. The molecule has 0 saturated heterocycles. The van der Waals surface area contributed by atoms with Crippen molar-refractivity contribution >= 4 is 17.5 Å². The molecule has 28 heavy (non-hydrogen) atoms. The number of rotatable bonds is 8. The van der Waals surface area contributed by atoms with Crippen molar-refractivity contribution in [2.24, 2.45) is 0 Å². The van der Waals surface area contributed by atoms with Gasteiger partial charge in [0.15, 0.2) is 0 Å². The van der Waals surface area contributed by atoms with Crippen LogP contribution in [-0.4, -0.2) is 18.4 Å². The molecule has 3 rings (SSSR count). The lowest BCUT2D eigenvalue weighted by Gasteiger charge is -2.18. The number of nitrogens with one attached hydrogen (secondary N) is 1. The number of hydrogen-bond acceptors (Lipinski definition) is 3. The molecular weight excluding hydrogens is 352 g/mol. The van der Waals surface area contributed by atoms with E-state index in [0.29, 0.717) is 13.2 Å². The molecule has 0 spiro atoms. The predicted molar refractivity (Wildman–Crippen MR) is 110 cm³/mol. The maximum Gasteiger partial charge on any atom is 0.254 e. The topological polar surface area (TPSA) is 58.6 Å². The monoisotopic (exact) mass is 380 g/mol. The number of unbranched alkanes of at least 4 members (excludes halogenated alkanes) is 1. The van der Waals surface area contributed by atoms with Crippen LogP contribution in [0.15, 0.2) is 42.5 Å². The van der Waals surface area contributed by atoms with E-state index in [1.54, 1.807) is 4.90 Å². The summed E-state index contributed by atoms with van der Waals surface area (Å²) in [4.78, 5) is 26.5. The zero-order valence-corrected chi connectivity index (χ0v) is 16.8. The molecule has 0 radical (unpaired) electrons. The first-order valence-corrected chi connectivity index (χ1v) is 9.96. The maximum atomic E-state index is 13.1. The van der Waals surface area contributed by atoms with Crippen LogP contribution in [-0.2, 0) is 22.6 Å². The fraction of sp³-hybridized carbons (Fsp3) is 0.391. The van der Waals surface area contributed by atoms with Crippen molar-refractivity contribution in [2.45, 2.75) is 52.6 Å². The average Bonchev–Trinajstić information content (AvgIpc) is 2.93. The molecular formula is C23H28N2O3. The standard InChI is InChI=1S/C23H28N2O3/c1-4-6-7-17-10-13-21-20(14-17)22(24-16(3)26)23(27)25(21)15-18-8-11-19(12-9-18)28-5-2/h8-14,22H,4-7,15H2,1-3H3,(H,24,26)/t22-/m1/s1. The first-order chi connectivity index (χ1) is 13.5. The number of aryl methyl sites for hydroxylation is 1. The Balaban J connectivity index is 1.87. The summed E-state index contributed by atoms with van der Waals surface area (Å²) in [5.41, 5.74) is 3.98. The summed E-state index contributed by atoms with van der Waals surface area (Å²) in [7, 11) is 0. The highest BCUT2D eigenvalue weighted by Crippen LogP contribution is 2.38. The van der Waals surface area contributed by atoms with Crippen LogP contribution in [0.4, 0.5) is 5.69 Å². The van der Waals surface area contributed by atoms with Gasteiger partial charge in [-0.25, -0.2) is 0 Å². The van der Waals surface area contributed by atoms with Crippen LogP contribution < -0.4 is 15.0 Å². The molecule has 148 valence electrons. The highest BCUT2D eigenvalue weighted by molar-refractivity contribution is 6.06. The second kappa shape index (κ2) is 8.91. The molecule has 2 aromatic carbocycles. The minimum Gasteiger partial charge on any atom is -0.494 e. The maximum absolute atomic E-state index is 13.1. The van der Waals surface area contributed by atoms with E-state index in [2.05, 4.69) is 24.4 Å². The van der Waals surface area contributed by atoms with E-state index in [9.17, 15) is 9.59 Å². The molecule has 0 unspecified atom stereocenters. The van der Waals surface area contributed by atoms with Crippen LogP contribution >= 0.6 is 0 Å². The smallest absolute Gasteiger partial charge is 0.254 e.